The molecule has 100 valence electrons. The maximum Gasteiger partial charge on any atom is 0.287 e. The lowest BCUT2D eigenvalue weighted by Crippen LogP contribution is -2.30. The zero-order valence-electron chi connectivity index (χ0n) is 11.0. The molecule has 1 atom stereocenters. The molecule has 0 spiro atoms. The topological polar surface area (TPSA) is 79.2 Å². The lowest BCUT2D eigenvalue weighted by molar-refractivity contribution is -0.384. The van der Waals surface area contributed by atoms with Crippen LogP contribution in [0.2, 0.25) is 0 Å². The number of aromatic amines is 1. The van der Waals surface area contributed by atoms with E-state index in [1.807, 2.05) is 11.9 Å². The summed E-state index contributed by atoms with van der Waals surface area (Å²) in [6.45, 7) is 5.34. The minimum Gasteiger partial charge on any atom is -0.353 e. The largest absolute Gasteiger partial charge is 0.353 e. The molecule has 1 aromatic rings. The highest BCUT2D eigenvalue weighted by molar-refractivity contribution is 5.96. The second kappa shape index (κ2) is 6.30. The summed E-state index contributed by atoms with van der Waals surface area (Å²) in [7, 11) is 1.88. The van der Waals surface area contributed by atoms with E-state index in [0.717, 1.165) is 13.0 Å². The van der Waals surface area contributed by atoms with Crippen molar-refractivity contribution in [3.8, 4) is 0 Å². The molecule has 1 heterocycles. The Morgan fingerprint density at radius 3 is 2.78 bits per heavy atom. The van der Waals surface area contributed by atoms with Crippen LogP contribution in [-0.2, 0) is 0 Å². The van der Waals surface area contributed by atoms with Crippen LogP contribution >= 0.6 is 0 Å². The van der Waals surface area contributed by atoms with Crippen molar-refractivity contribution in [2.45, 2.75) is 20.3 Å². The van der Waals surface area contributed by atoms with Crippen LogP contribution in [0.25, 0.3) is 0 Å². The van der Waals surface area contributed by atoms with Gasteiger partial charge in [0.2, 0.25) is 0 Å². The van der Waals surface area contributed by atoms with Crippen molar-refractivity contribution >= 4 is 11.5 Å². The van der Waals surface area contributed by atoms with Crippen LogP contribution in [0, 0.1) is 16.0 Å². The summed E-state index contributed by atoms with van der Waals surface area (Å²) in [5.74, 6) is 0.398. The van der Waals surface area contributed by atoms with Gasteiger partial charge in [-0.15, -0.1) is 0 Å². The summed E-state index contributed by atoms with van der Waals surface area (Å²) in [5.41, 5.74) is 0.209. The standard InChI is InChI=1S/C12H19N3O3/c1-4-9(2)7-14(3)8-12(16)11-5-10(6-13-11)15(17)18/h5-6,9,13H,4,7-8H2,1-3H3. The molecule has 6 nitrogen and oxygen atoms in total. The van der Waals surface area contributed by atoms with E-state index in [2.05, 4.69) is 18.8 Å². The molecule has 0 aliphatic carbocycles. The maximum absolute atomic E-state index is 11.9. The van der Waals surface area contributed by atoms with Gasteiger partial charge in [-0.25, -0.2) is 0 Å². The number of hydrogen-bond donors (Lipinski definition) is 1. The molecule has 0 saturated carbocycles. The number of carbonyl (C=O) groups excluding carboxylic acids is 1. The van der Waals surface area contributed by atoms with E-state index in [0.29, 0.717) is 5.92 Å². The van der Waals surface area contributed by atoms with Gasteiger partial charge in [0, 0.05) is 12.6 Å². The van der Waals surface area contributed by atoms with Gasteiger partial charge in [-0.05, 0) is 13.0 Å². The molecule has 0 fully saturated rings. The Bertz CT molecular complexity index is 428. The molecular formula is C12H19N3O3. The lowest BCUT2D eigenvalue weighted by Gasteiger charge is -2.19. The molecule has 18 heavy (non-hydrogen) atoms. The van der Waals surface area contributed by atoms with Gasteiger partial charge in [0.1, 0.15) is 0 Å². The lowest BCUT2D eigenvalue weighted by atomic mass is 10.1. The van der Waals surface area contributed by atoms with Gasteiger partial charge in [0.25, 0.3) is 5.69 Å². The van der Waals surface area contributed by atoms with Crippen molar-refractivity contribution in [1.82, 2.24) is 9.88 Å². The van der Waals surface area contributed by atoms with Gasteiger partial charge in [-0.2, -0.15) is 0 Å². The minimum atomic E-state index is -0.518. The summed E-state index contributed by atoms with van der Waals surface area (Å²) < 4.78 is 0. The van der Waals surface area contributed by atoms with Crippen LogP contribution in [0.3, 0.4) is 0 Å². The van der Waals surface area contributed by atoms with Gasteiger partial charge in [-0.1, -0.05) is 20.3 Å². The monoisotopic (exact) mass is 253 g/mol. The molecule has 1 aromatic heterocycles. The summed E-state index contributed by atoms with van der Waals surface area (Å²) in [4.78, 5) is 26.4. The minimum absolute atomic E-state index is 0.0806. The number of aromatic nitrogens is 1. The van der Waals surface area contributed by atoms with E-state index in [1.165, 1.54) is 12.3 Å². The van der Waals surface area contributed by atoms with Crippen molar-refractivity contribution in [2.24, 2.45) is 5.92 Å². The van der Waals surface area contributed by atoms with Gasteiger partial charge in [-0.3, -0.25) is 19.8 Å². The number of likely N-dealkylation sites (N-methyl/N-ethyl adjacent to an activating group) is 1. The SMILES string of the molecule is CCC(C)CN(C)CC(=O)c1cc([N+](=O)[O-])c[nH]1. The van der Waals surface area contributed by atoms with Crippen molar-refractivity contribution in [1.29, 1.82) is 0 Å². The fourth-order valence-corrected chi connectivity index (χ4v) is 1.71. The smallest absolute Gasteiger partial charge is 0.287 e. The van der Waals surface area contributed by atoms with Crippen molar-refractivity contribution < 1.29 is 9.72 Å². The van der Waals surface area contributed by atoms with E-state index in [-0.39, 0.29) is 23.7 Å². The third-order valence-corrected chi connectivity index (χ3v) is 2.91. The first-order chi connectivity index (χ1) is 8.43. The molecule has 0 aliphatic rings. The van der Waals surface area contributed by atoms with Crippen LogP contribution in [-0.4, -0.2) is 40.7 Å². The van der Waals surface area contributed by atoms with Crippen LogP contribution in [0.1, 0.15) is 30.8 Å². The molecule has 0 radical (unpaired) electrons. The predicted octanol–water partition coefficient (Wildman–Crippen LogP) is 2.08. The number of ketones is 1. The second-order valence-corrected chi connectivity index (χ2v) is 4.66. The van der Waals surface area contributed by atoms with E-state index >= 15 is 0 Å². The van der Waals surface area contributed by atoms with Crippen molar-refractivity contribution in [3.05, 3.63) is 28.1 Å². The summed E-state index contributed by atoms with van der Waals surface area (Å²) >= 11 is 0. The molecular weight excluding hydrogens is 234 g/mol. The highest BCUT2D eigenvalue weighted by atomic mass is 16.6. The maximum atomic E-state index is 11.9. The van der Waals surface area contributed by atoms with E-state index in [1.54, 1.807) is 0 Å². The summed E-state index contributed by atoms with van der Waals surface area (Å²) in [6, 6.07) is 1.28. The summed E-state index contributed by atoms with van der Waals surface area (Å²) in [5, 5.41) is 10.5. The number of nitrogens with one attached hydrogen (secondary N) is 1. The van der Waals surface area contributed by atoms with E-state index in [9.17, 15) is 14.9 Å². The quantitative estimate of drug-likeness (QED) is 0.458. The van der Waals surface area contributed by atoms with Crippen LogP contribution in [0.4, 0.5) is 5.69 Å². The Hall–Kier alpha value is -1.69. The Morgan fingerprint density at radius 2 is 2.28 bits per heavy atom. The van der Waals surface area contributed by atoms with Crippen molar-refractivity contribution in [3.63, 3.8) is 0 Å². The van der Waals surface area contributed by atoms with Crippen LogP contribution in [0.5, 0.6) is 0 Å². The average Bonchev–Trinajstić information content (AvgIpc) is 2.77. The van der Waals surface area contributed by atoms with Gasteiger partial charge in [0.15, 0.2) is 5.78 Å². The summed E-state index contributed by atoms with van der Waals surface area (Å²) in [6.07, 6.45) is 2.30. The number of hydrogen-bond acceptors (Lipinski definition) is 4. The molecule has 0 aliphatic heterocycles. The molecule has 0 amide bonds. The average molecular weight is 253 g/mol. The van der Waals surface area contributed by atoms with Gasteiger partial charge in [0.05, 0.1) is 23.4 Å². The Kier molecular flexibility index (Phi) is 5.03. The Balaban J connectivity index is 2.56. The van der Waals surface area contributed by atoms with Gasteiger partial charge >= 0.3 is 0 Å². The van der Waals surface area contributed by atoms with Crippen LogP contribution in [0.15, 0.2) is 12.3 Å². The first-order valence-corrected chi connectivity index (χ1v) is 5.98. The molecule has 0 saturated heterocycles. The van der Waals surface area contributed by atoms with E-state index < -0.39 is 4.92 Å². The molecule has 0 aromatic carbocycles. The molecule has 0 bridgehead atoms. The Morgan fingerprint density at radius 1 is 1.61 bits per heavy atom. The number of Topliss-reactive ketones (excluding diaryl/α,β-unsaturated/α-hetero) is 1. The molecule has 6 heteroatoms. The van der Waals surface area contributed by atoms with Gasteiger partial charge < -0.3 is 4.98 Å². The third-order valence-electron chi connectivity index (χ3n) is 2.91. The zero-order chi connectivity index (χ0) is 13.7. The number of nitro groups is 1. The first kappa shape index (κ1) is 14.4. The zero-order valence-corrected chi connectivity index (χ0v) is 11.0. The second-order valence-electron chi connectivity index (χ2n) is 4.66. The fourth-order valence-electron chi connectivity index (χ4n) is 1.71. The highest BCUT2D eigenvalue weighted by Gasteiger charge is 2.16. The third kappa shape index (κ3) is 3.96. The Labute approximate surface area is 106 Å². The fraction of sp³-hybridized carbons (Fsp3) is 0.583. The van der Waals surface area contributed by atoms with Crippen molar-refractivity contribution in [2.75, 3.05) is 20.1 Å². The van der Waals surface area contributed by atoms with E-state index in [4.69, 9.17) is 0 Å². The molecule has 1 rings (SSSR count). The number of H-pyrrole nitrogens is 1. The number of nitrogens with zero attached hydrogens (tertiary/aromatic N) is 2. The van der Waals surface area contributed by atoms with Crippen LogP contribution < -0.4 is 0 Å². The predicted molar refractivity (Wildman–Crippen MR) is 68.7 cm³/mol. The number of carbonyl (C=O) groups is 1. The number of rotatable bonds is 7. The molecule has 1 unspecified atom stereocenters. The molecule has 1 N–H and O–H groups in total. The highest BCUT2D eigenvalue weighted by Crippen LogP contribution is 2.13. The normalized spacial score (nSPS) is 12.7. The first-order valence-electron chi connectivity index (χ1n) is 5.98.